The van der Waals surface area contributed by atoms with Crippen molar-refractivity contribution in [3.63, 3.8) is 0 Å². The Morgan fingerprint density at radius 2 is 1.75 bits per heavy atom. The van der Waals surface area contributed by atoms with Crippen LogP contribution >= 0.6 is 0 Å². The number of rotatable bonds is 6. The summed E-state index contributed by atoms with van der Waals surface area (Å²) in [7, 11) is 1.29. The zero-order chi connectivity index (χ0) is 17.5. The maximum Gasteiger partial charge on any atom is 0.333 e. The first-order chi connectivity index (χ1) is 11.5. The van der Waals surface area contributed by atoms with Crippen molar-refractivity contribution in [1.82, 2.24) is 5.32 Å². The number of hydrogen-bond donors (Lipinski definition) is 1. The fraction of sp³-hybridized carbons (Fsp3) is 0.263. The fourth-order valence-electron chi connectivity index (χ4n) is 2.20. The molecule has 0 bridgehead atoms. The van der Waals surface area contributed by atoms with Gasteiger partial charge in [-0.3, -0.25) is 4.79 Å². The molecule has 5 nitrogen and oxygen atoms in total. The van der Waals surface area contributed by atoms with E-state index in [1.165, 1.54) is 7.11 Å². The van der Waals surface area contributed by atoms with E-state index in [1.54, 1.807) is 24.3 Å². The number of carbonyl (C=O) groups excluding carboxylic acids is 2. The molecule has 1 amide bonds. The molecule has 0 heterocycles. The number of benzene rings is 2. The third-order valence-electron chi connectivity index (χ3n) is 3.72. The highest BCUT2D eigenvalue weighted by Crippen LogP contribution is 2.17. The standard InChI is InChI=1S/C19H21NO4/c1-13-9-10-16(11-14(13)2)24-12-17(21)20-18(19(22)23-3)15-7-5-4-6-8-15/h4-11,18H,12H2,1-3H3,(H,20,21). The molecule has 0 aliphatic heterocycles. The zero-order valence-corrected chi connectivity index (χ0v) is 14.0. The molecule has 1 N–H and O–H groups in total. The minimum absolute atomic E-state index is 0.178. The lowest BCUT2D eigenvalue weighted by atomic mass is 10.1. The molecule has 0 saturated carbocycles. The Kier molecular flexibility index (Phi) is 5.95. The van der Waals surface area contributed by atoms with Gasteiger partial charge >= 0.3 is 5.97 Å². The van der Waals surface area contributed by atoms with Gasteiger partial charge in [0.2, 0.25) is 0 Å². The Morgan fingerprint density at radius 3 is 2.38 bits per heavy atom. The molecule has 0 fully saturated rings. The van der Waals surface area contributed by atoms with Crippen molar-refractivity contribution in [1.29, 1.82) is 0 Å². The van der Waals surface area contributed by atoms with Gasteiger partial charge in [0.25, 0.3) is 5.91 Å². The number of carbonyl (C=O) groups is 2. The van der Waals surface area contributed by atoms with Crippen LogP contribution in [0.2, 0.25) is 0 Å². The van der Waals surface area contributed by atoms with Crippen LogP contribution in [0, 0.1) is 13.8 Å². The predicted octanol–water partition coefficient (Wildman–Crippen LogP) is 2.71. The van der Waals surface area contributed by atoms with Crippen molar-refractivity contribution in [2.24, 2.45) is 0 Å². The number of hydrogen-bond acceptors (Lipinski definition) is 4. The monoisotopic (exact) mass is 327 g/mol. The van der Waals surface area contributed by atoms with Crippen LogP contribution in [0.4, 0.5) is 0 Å². The number of aryl methyl sites for hydroxylation is 2. The van der Waals surface area contributed by atoms with Crippen LogP contribution in [-0.4, -0.2) is 25.6 Å². The maximum absolute atomic E-state index is 12.1. The van der Waals surface area contributed by atoms with Crippen molar-refractivity contribution in [3.8, 4) is 5.75 Å². The van der Waals surface area contributed by atoms with Crippen LogP contribution in [0.1, 0.15) is 22.7 Å². The molecule has 1 unspecified atom stereocenters. The van der Waals surface area contributed by atoms with Gasteiger partial charge in [-0.25, -0.2) is 4.79 Å². The number of nitrogens with one attached hydrogen (secondary N) is 1. The Balaban J connectivity index is 2.00. The van der Waals surface area contributed by atoms with Crippen molar-refractivity contribution in [2.45, 2.75) is 19.9 Å². The predicted molar refractivity (Wildman–Crippen MR) is 90.8 cm³/mol. The van der Waals surface area contributed by atoms with E-state index in [0.717, 1.165) is 11.1 Å². The third kappa shape index (κ3) is 4.59. The first kappa shape index (κ1) is 17.5. The summed E-state index contributed by atoms with van der Waals surface area (Å²) < 4.78 is 10.3. The van der Waals surface area contributed by atoms with Gasteiger partial charge in [0.1, 0.15) is 5.75 Å². The number of esters is 1. The molecule has 2 aromatic rings. The zero-order valence-electron chi connectivity index (χ0n) is 14.0. The maximum atomic E-state index is 12.1. The van der Waals surface area contributed by atoms with Gasteiger partial charge in [-0.2, -0.15) is 0 Å². The van der Waals surface area contributed by atoms with E-state index < -0.39 is 17.9 Å². The van der Waals surface area contributed by atoms with Crippen LogP contribution in [0.3, 0.4) is 0 Å². The second-order valence-electron chi connectivity index (χ2n) is 5.47. The highest BCUT2D eigenvalue weighted by molar-refractivity contribution is 5.86. The van der Waals surface area contributed by atoms with Gasteiger partial charge in [-0.15, -0.1) is 0 Å². The second-order valence-corrected chi connectivity index (χ2v) is 5.47. The Bertz CT molecular complexity index is 713. The van der Waals surface area contributed by atoms with Crippen LogP contribution in [0.15, 0.2) is 48.5 Å². The summed E-state index contributed by atoms with van der Waals surface area (Å²) in [5.74, 6) is -0.309. The van der Waals surface area contributed by atoms with Crippen LogP contribution < -0.4 is 10.1 Å². The molecule has 0 aliphatic rings. The average molecular weight is 327 g/mol. The van der Waals surface area contributed by atoms with Crippen molar-refractivity contribution < 1.29 is 19.1 Å². The number of amides is 1. The van der Waals surface area contributed by atoms with E-state index in [-0.39, 0.29) is 6.61 Å². The SMILES string of the molecule is COC(=O)C(NC(=O)COc1ccc(C)c(C)c1)c1ccccc1. The normalized spacial score (nSPS) is 11.5. The van der Waals surface area contributed by atoms with Gasteiger partial charge in [0, 0.05) is 0 Å². The summed E-state index contributed by atoms with van der Waals surface area (Å²) in [5.41, 5.74) is 2.90. The van der Waals surface area contributed by atoms with Gasteiger partial charge in [-0.05, 0) is 42.7 Å². The molecular weight excluding hydrogens is 306 g/mol. The molecule has 1 atom stereocenters. The minimum Gasteiger partial charge on any atom is -0.484 e. The lowest BCUT2D eigenvalue weighted by Crippen LogP contribution is -2.37. The summed E-state index contributed by atoms with van der Waals surface area (Å²) in [4.78, 5) is 24.1. The summed E-state index contributed by atoms with van der Waals surface area (Å²) >= 11 is 0. The van der Waals surface area contributed by atoms with E-state index in [9.17, 15) is 9.59 Å². The summed E-state index contributed by atoms with van der Waals surface area (Å²) in [6, 6.07) is 13.7. The average Bonchev–Trinajstić information content (AvgIpc) is 2.60. The quantitative estimate of drug-likeness (QED) is 0.829. The molecule has 2 rings (SSSR count). The van der Waals surface area contributed by atoms with Crippen molar-refractivity contribution in [2.75, 3.05) is 13.7 Å². The van der Waals surface area contributed by atoms with Crippen molar-refractivity contribution >= 4 is 11.9 Å². The Labute approximate surface area is 141 Å². The third-order valence-corrected chi connectivity index (χ3v) is 3.72. The second kappa shape index (κ2) is 8.15. The van der Waals surface area contributed by atoms with E-state index in [2.05, 4.69) is 5.32 Å². The lowest BCUT2D eigenvalue weighted by molar-refractivity contribution is -0.145. The summed E-state index contributed by atoms with van der Waals surface area (Å²) in [6.07, 6.45) is 0. The van der Waals surface area contributed by atoms with Crippen LogP contribution in [-0.2, 0) is 14.3 Å². The van der Waals surface area contributed by atoms with Crippen LogP contribution in [0.25, 0.3) is 0 Å². The number of ether oxygens (including phenoxy) is 2. The molecule has 5 heteroatoms. The largest absolute Gasteiger partial charge is 0.484 e. The van der Waals surface area contributed by atoms with E-state index >= 15 is 0 Å². The van der Waals surface area contributed by atoms with E-state index in [4.69, 9.17) is 9.47 Å². The Hall–Kier alpha value is -2.82. The molecule has 0 radical (unpaired) electrons. The van der Waals surface area contributed by atoms with Crippen LogP contribution in [0.5, 0.6) is 5.75 Å². The fourth-order valence-corrected chi connectivity index (χ4v) is 2.20. The molecule has 126 valence electrons. The van der Waals surface area contributed by atoms with E-state index in [1.807, 2.05) is 38.1 Å². The molecule has 0 spiro atoms. The first-order valence-electron chi connectivity index (χ1n) is 7.63. The lowest BCUT2D eigenvalue weighted by Gasteiger charge is -2.17. The van der Waals surface area contributed by atoms with E-state index in [0.29, 0.717) is 11.3 Å². The molecule has 24 heavy (non-hydrogen) atoms. The van der Waals surface area contributed by atoms with Gasteiger partial charge in [0.15, 0.2) is 12.6 Å². The molecule has 0 saturated heterocycles. The van der Waals surface area contributed by atoms with Gasteiger partial charge in [0.05, 0.1) is 7.11 Å². The summed E-state index contributed by atoms with van der Waals surface area (Å²) in [5, 5.41) is 2.64. The molecule has 0 aliphatic carbocycles. The molecule has 0 aromatic heterocycles. The molecule has 2 aromatic carbocycles. The minimum atomic E-state index is -0.855. The molecular formula is C19H21NO4. The highest BCUT2D eigenvalue weighted by Gasteiger charge is 2.23. The van der Waals surface area contributed by atoms with Gasteiger partial charge in [-0.1, -0.05) is 36.4 Å². The topological polar surface area (TPSA) is 64.6 Å². The van der Waals surface area contributed by atoms with Gasteiger partial charge < -0.3 is 14.8 Å². The smallest absolute Gasteiger partial charge is 0.333 e. The first-order valence-corrected chi connectivity index (χ1v) is 7.63. The summed E-state index contributed by atoms with van der Waals surface area (Å²) in [6.45, 7) is 3.81. The highest BCUT2D eigenvalue weighted by atomic mass is 16.5. The van der Waals surface area contributed by atoms with Crippen molar-refractivity contribution in [3.05, 3.63) is 65.2 Å². The Morgan fingerprint density at radius 1 is 1.04 bits per heavy atom. The number of methoxy groups -OCH3 is 1.